The molecule has 0 unspecified atom stereocenters. The predicted octanol–water partition coefficient (Wildman–Crippen LogP) is -0.298. The first kappa shape index (κ1) is 14.6. The quantitative estimate of drug-likeness (QED) is 0.780. The molecule has 1 saturated heterocycles. The zero-order valence-corrected chi connectivity index (χ0v) is 12.1. The molecule has 19 heavy (non-hydrogen) atoms. The summed E-state index contributed by atoms with van der Waals surface area (Å²) < 4.78 is 26.4. The number of hydrogen-bond donors (Lipinski definition) is 2. The maximum absolute atomic E-state index is 11.9. The van der Waals surface area contributed by atoms with Gasteiger partial charge in [-0.3, -0.25) is 4.79 Å². The number of nitrogens with one attached hydrogen (secondary N) is 2. The Labute approximate surface area is 116 Å². The van der Waals surface area contributed by atoms with Gasteiger partial charge in [-0.1, -0.05) is 0 Å². The second kappa shape index (κ2) is 6.56. The summed E-state index contributed by atoms with van der Waals surface area (Å²) in [5.74, 6) is 2.21. The second-order valence-electron chi connectivity index (χ2n) is 4.24. The molecule has 0 amide bonds. The lowest BCUT2D eigenvalue weighted by Crippen LogP contribution is -2.39. The highest BCUT2D eigenvalue weighted by Crippen LogP contribution is 2.08. The van der Waals surface area contributed by atoms with Gasteiger partial charge in [0.2, 0.25) is 15.6 Å². The van der Waals surface area contributed by atoms with Gasteiger partial charge in [-0.25, -0.2) is 13.1 Å². The fraction of sp³-hybridized carbons (Fsp3) is 0.545. The van der Waals surface area contributed by atoms with Crippen molar-refractivity contribution in [3.05, 3.63) is 28.7 Å². The third kappa shape index (κ3) is 4.34. The molecule has 6 nitrogen and oxygen atoms in total. The molecule has 106 valence electrons. The van der Waals surface area contributed by atoms with Crippen LogP contribution in [0.15, 0.2) is 28.0 Å². The molecule has 1 aliphatic heterocycles. The molecular formula is C11H17N3O3S2. The third-order valence-electron chi connectivity index (χ3n) is 2.89. The van der Waals surface area contributed by atoms with E-state index >= 15 is 0 Å². The number of aromatic amines is 1. The van der Waals surface area contributed by atoms with Crippen LogP contribution in [0.3, 0.4) is 0 Å². The molecule has 8 heteroatoms. The molecule has 2 N–H and O–H groups in total. The van der Waals surface area contributed by atoms with Gasteiger partial charge in [-0.2, -0.15) is 11.8 Å². The fourth-order valence-electron chi connectivity index (χ4n) is 1.81. The van der Waals surface area contributed by atoms with Crippen LogP contribution in [-0.4, -0.2) is 56.0 Å². The van der Waals surface area contributed by atoms with Gasteiger partial charge in [-0.15, -0.1) is 0 Å². The van der Waals surface area contributed by atoms with E-state index in [1.54, 1.807) is 0 Å². The Morgan fingerprint density at radius 3 is 2.68 bits per heavy atom. The van der Waals surface area contributed by atoms with E-state index in [0.717, 1.165) is 24.6 Å². The lowest BCUT2D eigenvalue weighted by Gasteiger charge is -2.25. The Balaban J connectivity index is 1.87. The molecule has 0 atom stereocenters. The summed E-state index contributed by atoms with van der Waals surface area (Å²) in [4.78, 5) is 15.6. The highest BCUT2D eigenvalue weighted by Gasteiger charge is 2.15. The van der Waals surface area contributed by atoms with Gasteiger partial charge in [0.1, 0.15) is 0 Å². The van der Waals surface area contributed by atoms with E-state index in [-0.39, 0.29) is 10.5 Å². The van der Waals surface area contributed by atoms with Gasteiger partial charge < -0.3 is 9.88 Å². The standard InChI is InChI=1S/C11H17N3O3S2/c15-11-2-1-10(9-12-11)19(16,17)13-3-4-14-5-7-18-8-6-14/h1-2,9,13H,3-8H2,(H,12,15). The maximum Gasteiger partial charge on any atom is 0.247 e. The summed E-state index contributed by atoms with van der Waals surface area (Å²) in [5.41, 5.74) is -0.315. The summed E-state index contributed by atoms with van der Waals surface area (Å²) in [6, 6.07) is 2.51. The van der Waals surface area contributed by atoms with Crippen molar-refractivity contribution in [1.82, 2.24) is 14.6 Å². The fourth-order valence-corrected chi connectivity index (χ4v) is 3.78. The number of thioether (sulfide) groups is 1. The van der Waals surface area contributed by atoms with Crippen LogP contribution in [0, 0.1) is 0 Å². The Morgan fingerprint density at radius 2 is 2.05 bits per heavy atom. The molecule has 0 aliphatic carbocycles. The maximum atomic E-state index is 11.9. The molecule has 0 radical (unpaired) electrons. The molecule has 0 spiro atoms. The van der Waals surface area contributed by atoms with Gasteiger partial charge >= 0.3 is 0 Å². The summed E-state index contributed by atoms with van der Waals surface area (Å²) >= 11 is 1.92. The SMILES string of the molecule is O=c1ccc(S(=O)(=O)NCCN2CCSCC2)c[nH]1. The highest BCUT2D eigenvalue weighted by molar-refractivity contribution is 7.99. The van der Waals surface area contributed by atoms with E-state index < -0.39 is 10.0 Å². The number of hydrogen-bond acceptors (Lipinski definition) is 5. The molecule has 1 fully saturated rings. The van der Waals surface area contributed by atoms with E-state index in [1.807, 2.05) is 11.8 Å². The molecular weight excluding hydrogens is 286 g/mol. The summed E-state index contributed by atoms with van der Waals surface area (Å²) in [6.45, 7) is 3.10. The Bertz CT molecular complexity index is 544. The van der Waals surface area contributed by atoms with Gasteiger partial charge in [-0.05, 0) is 6.07 Å². The van der Waals surface area contributed by atoms with Gasteiger partial charge in [0.05, 0.1) is 4.90 Å². The van der Waals surface area contributed by atoms with Crippen molar-refractivity contribution in [3.8, 4) is 0 Å². The third-order valence-corrected chi connectivity index (χ3v) is 5.29. The average Bonchev–Trinajstić information content (AvgIpc) is 2.40. The van der Waals surface area contributed by atoms with Crippen LogP contribution in [-0.2, 0) is 10.0 Å². The molecule has 2 rings (SSSR count). The second-order valence-corrected chi connectivity index (χ2v) is 7.23. The van der Waals surface area contributed by atoms with Crippen LogP contribution in [0.1, 0.15) is 0 Å². The first-order valence-corrected chi connectivity index (χ1v) is 8.70. The Hall–Kier alpha value is -0.830. The van der Waals surface area contributed by atoms with Crippen molar-refractivity contribution in [2.45, 2.75) is 4.90 Å². The number of pyridine rings is 1. The largest absolute Gasteiger partial charge is 0.328 e. The van der Waals surface area contributed by atoms with Crippen LogP contribution in [0.4, 0.5) is 0 Å². The first-order valence-electron chi connectivity index (χ1n) is 6.06. The van der Waals surface area contributed by atoms with Gasteiger partial charge in [0.25, 0.3) is 0 Å². The van der Waals surface area contributed by atoms with Crippen LogP contribution >= 0.6 is 11.8 Å². The lowest BCUT2D eigenvalue weighted by molar-refractivity contribution is 0.307. The van der Waals surface area contributed by atoms with Crippen LogP contribution < -0.4 is 10.3 Å². The smallest absolute Gasteiger partial charge is 0.247 e. The Kier molecular flexibility index (Phi) is 5.03. The highest BCUT2D eigenvalue weighted by atomic mass is 32.2. The summed E-state index contributed by atoms with van der Waals surface area (Å²) in [7, 11) is -3.53. The van der Waals surface area contributed by atoms with E-state index in [1.165, 1.54) is 18.3 Å². The number of sulfonamides is 1. The van der Waals surface area contributed by atoms with Crippen molar-refractivity contribution in [1.29, 1.82) is 0 Å². The number of rotatable bonds is 5. The summed E-state index contributed by atoms with van der Waals surface area (Å²) in [6.07, 6.45) is 1.21. The number of aromatic nitrogens is 1. The summed E-state index contributed by atoms with van der Waals surface area (Å²) in [5, 5.41) is 0. The van der Waals surface area contributed by atoms with Gasteiger partial charge in [0, 0.05) is 49.9 Å². The molecule has 0 bridgehead atoms. The lowest BCUT2D eigenvalue weighted by atomic mass is 10.5. The van der Waals surface area contributed by atoms with E-state index in [9.17, 15) is 13.2 Å². The minimum Gasteiger partial charge on any atom is -0.328 e. The first-order chi connectivity index (χ1) is 9.08. The van der Waals surface area contributed by atoms with Gasteiger partial charge in [0.15, 0.2) is 0 Å². The average molecular weight is 303 g/mol. The van der Waals surface area contributed by atoms with Crippen molar-refractivity contribution >= 4 is 21.8 Å². The van der Waals surface area contributed by atoms with E-state index in [0.29, 0.717) is 13.1 Å². The van der Waals surface area contributed by atoms with Crippen LogP contribution in [0.2, 0.25) is 0 Å². The zero-order chi connectivity index (χ0) is 13.7. The topological polar surface area (TPSA) is 82.3 Å². The molecule has 0 saturated carbocycles. The van der Waals surface area contributed by atoms with Crippen molar-refractivity contribution in [2.24, 2.45) is 0 Å². The number of nitrogens with zero attached hydrogens (tertiary/aromatic N) is 1. The molecule has 1 aromatic rings. The van der Waals surface area contributed by atoms with E-state index in [4.69, 9.17) is 0 Å². The molecule has 1 aromatic heterocycles. The minimum atomic E-state index is -3.53. The predicted molar refractivity (Wildman–Crippen MR) is 76.0 cm³/mol. The molecule has 2 heterocycles. The minimum absolute atomic E-state index is 0.0845. The van der Waals surface area contributed by atoms with Crippen molar-refractivity contribution in [2.75, 3.05) is 37.7 Å². The monoisotopic (exact) mass is 303 g/mol. The van der Waals surface area contributed by atoms with Crippen molar-refractivity contribution < 1.29 is 8.42 Å². The van der Waals surface area contributed by atoms with Crippen LogP contribution in [0.25, 0.3) is 0 Å². The number of H-pyrrole nitrogens is 1. The normalized spacial score (nSPS) is 17.5. The molecule has 1 aliphatic rings. The molecule has 0 aromatic carbocycles. The Morgan fingerprint density at radius 1 is 1.32 bits per heavy atom. The zero-order valence-electron chi connectivity index (χ0n) is 10.5. The van der Waals surface area contributed by atoms with Crippen molar-refractivity contribution in [3.63, 3.8) is 0 Å². The van der Waals surface area contributed by atoms with Crippen LogP contribution in [0.5, 0.6) is 0 Å². The van der Waals surface area contributed by atoms with E-state index in [2.05, 4.69) is 14.6 Å².